The van der Waals surface area contributed by atoms with Crippen LogP contribution >= 0.6 is 0 Å². The molecule has 0 heterocycles. The smallest absolute Gasteiger partial charge is 0.191 e. The van der Waals surface area contributed by atoms with Gasteiger partial charge in [-0.25, -0.2) is 0 Å². The molecule has 100 valence electrons. The zero-order valence-corrected chi connectivity index (χ0v) is 12.0. The fourth-order valence-electron chi connectivity index (χ4n) is 1.97. The Morgan fingerprint density at radius 2 is 1.82 bits per heavy atom. The number of nitrogens with zero attached hydrogens (tertiary/aromatic N) is 2. The van der Waals surface area contributed by atoms with Crippen molar-refractivity contribution in [1.82, 2.24) is 15.5 Å². The van der Waals surface area contributed by atoms with E-state index in [1.165, 1.54) is 12.8 Å². The number of rotatable bonds is 6. The first-order valence-corrected chi connectivity index (χ1v) is 6.65. The topological polar surface area (TPSA) is 39.7 Å². The highest BCUT2D eigenvalue weighted by Gasteiger charge is 2.32. The highest BCUT2D eigenvalue weighted by atomic mass is 15.2. The van der Waals surface area contributed by atoms with Crippen LogP contribution in [0, 0.1) is 11.8 Å². The molecule has 2 N–H and O–H groups in total. The fourth-order valence-corrected chi connectivity index (χ4v) is 1.97. The Balaban J connectivity index is 2.30. The van der Waals surface area contributed by atoms with E-state index in [1.54, 1.807) is 0 Å². The summed E-state index contributed by atoms with van der Waals surface area (Å²) < 4.78 is 0. The van der Waals surface area contributed by atoms with Gasteiger partial charge in [-0.05, 0) is 38.8 Å². The van der Waals surface area contributed by atoms with Crippen LogP contribution < -0.4 is 10.6 Å². The van der Waals surface area contributed by atoms with Gasteiger partial charge >= 0.3 is 0 Å². The molecule has 1 fully saturated rings. The Hall–Kier alpha value is -0.770. The van der Waals surface area contributed by atoms with Gasteiger partial charge in [0, 0.05) is 26.2 Å². The number of guanidine groups is 1. The number of nitrogens with one attached hydrogen (secondary N) is 2. The summed E-state index contributed by atoms with van der Waals surface area (Å²) in [4.78, 5) is 6.57. The molecule has 0 amide bonds. The van der Waals surface area contributed by atoms with Crippen molar-refractivity contribution >= 4 is 5.96 Å². The van der Waals surface area contributed by atoms with Gasteiger partial charge in [0.25, 0.3) is 0 Å². The molecule has 0 bridgehead atoms. The third kappa shape index (κ3) is 5.39. The highest BCUT2D eigenvalue weighted by molar-refractivity contribution is 5.79. The van der Waals surface area contributed by atoms with Gasteiger partial charge < -0.3 is 15.5 Å². The standard InChI is InChI=1S/C13H28N4/c1-10(2)8-15-13(14-3)16-9-12(17(4)5)11-6-7-11/h10-12H,6-9H2,1-5H3,(H2,14,15,16). The zero-order valence-electron chi connectivity index (χ0n) is 12.0. The predicted octanol–water partition coefficient (Wildman–Crippen LogP) is 1.15. The molecular formula is C13H28N4. The first kappa shape index (κ1) is 14.3. The Morgan fingerprint density at radius 3 is 2.24 bits per heavy atom. The Kier molecular flexibility index (Phi) is 5.75. The molecular weight excluding hydrogens is 212 g/mol. The van der Waals surface area contributed by atoms with Gasteiger partial charge in [-0.2, -0.15) is 0 Å². The quantitative estimate of drug-likeness (QED) is 0.540. The van der Waals surface area contributed by atoms with Crippen molar-refractivity contribution in [2.45, 2.75) is 32.7 Å². The van der Waals surface area contributed by atoms with Gasteiger partial charge in [-0.3, -0.25) is 4.99 Å². The Labute approximate surface area is 106 Å². The lowest BCUT2D eigenvalue weighted by molar-refractivity contribution is 0.264. The van der Waals surface area contributed by atoms with Crippen LogP contribution in [0.25, 0.3) is 0 Å². The molecule has 0 aromatic carbocycles. The van der Waals surface area contributed by atoms with Crippen LogP contribution in [0.1, 0.15) is 26.7 Å². The van der Waals surface area contributed by atoms with Crippen LogP contribution in [-0.4, -0.2) is 51.1 Å². The summed E-state index contributed by atoms with van der Waals surface area (Å²) in [5, 5.41) is 6.77. The van der Waals surface area contributed by atoms with Crippen molar-refractivity contribution in [3.05, 3.63) is 0 Å². The van der Waals surface area contributed by atoms with Gasteiger partial charge in [-0.1, -0.05) is 13.8 Å². The van der Waals surface area contributed by atoms with Gasteiger partial charge in [-0.15, -0.1) is 0 Å². The molecule has 0 aromatic rings. The third-order valence-corrected chi connectivity index (χ3v) is 3.21. The van der Waals surface area contributed by atoms with E-state index >= 15 is 0 Å². The number of hydrogen-bond donors (Lipinski definition) is 2. The lowest BCUT2D eigenvalue weighted by atomic mass is 10.1. The van der Waals surface area contributed by atoms with E-state index in [1.807, 2.05) is 7.05 Å². The maximum Gasteiger partial charge on any atom is 0.191 e. The summed E-state index contributed by atoms with van der Waals surface area (Å²) in [6, 6.07) is 0.632. The first-order chi connectivity index (χ1) is 8.04. The number of likely N-dealkylation sites (N-methyl/N-ethyl adjacent to an activating group) is 1. The second-order valence-electron chi connectivity index (χ2n) is 5.60. The maximum atomic E-state index is 4.25. The highest BCUT2D eigenvalue weighted by Crippen LogP contribution is 2.34. The van der Waals surface area contributed by atoms with Crippen molar-refractivity contribution in [3.8, 4) is 0 Å². The van der Waals surface area contributed by atoms with E-state index in [2.05, 4.69) is 48.5 Å². The predicted molar refractivity (Wildman–Crippen MR) is 74.4 cm³/mol. The van der Waals surface area contributed by atoms with E-state index in [0.29, 0.717) is 12.0 Å². The third-order valence-electron chi connectivity index (χ3n) is 3.21. The average molecular weight is 240 g/mol. The molecule has 1 atom stereocenters. The lowest BCUT2D eigenvalue weighted by Gasteiger charge is -2.25. The minimum atomic E-state index is 0.632. The summed E-state index contributed by atoms with van der Waals surface area (Å²) in [5.41, 5.74) is 0. The monoisotopic (exact) mass is 240 g/mol. The van der Waals surface area contributed by atoms with Crippen molar-refractivity contribution < 1.29 is 0 Å². The second kappa shape index (κ2) is 6.84. The summed E-state index contributed by atoms with van der Waals surface area (Å²) in [6.45, 7) is 6.35. The van der Waals surface area contributed by atoms with Gasteiger partial charge in [0.15, 0.2) is 5.96 Å². The van der Waals surface area contributed by atoms with E-state index in [9.17, 15) is 0 Å². The number of aliphatic imine (C=N–C) groups is 1. The van der Waals surface area contributed by atoms with Crippen molar-refractivity contribution in [2.75, 3.05) is 34.2 Å². The van der Waals surface area contributed by atoms with Gasteiger partial charge in [0.1, 0.15) is 0 Å². The van der Waals surface area contributed by atoms with Crippen molar-refractivity contribution in [2.24, 2.45) is 16.8 Å². The first-order valence-electron chi connectivity index (χ1n) is 6.65. The summed E-state index contributed by atoms with van der Waals surface area (Å²) in [7, 11) is 6.15. The molecule has 0 aliphatic heterocycles. The van der Waals surface area contributed by atoms with Gasteiger partial charge in [0.2, 0.25) is 0 Å². The van der Waals surface area contributed by atoms with Crippen LogP contribution in [0.2, 0.25) is 0 Å². The molecule has 1 aliphatic rings. The van der Waals surface area contributed by atoms with E-state index in [4.69, 9.17) is 0 Å². The van der Waals surface area contributed by atoms with Crippen LogP contribution in [0.5, 0.6) is 0 Å². The molecule has 0 radical (unpaired) electrons. The van der Waals surface area contributed by atoms with Gasteiger partial charge in [0.05, 0.1) is 0 Å². The van der Waals surface area contributed by atoms with Crippen molar-refractivity contribution in [3.63, 3.8) is 0 Å². The largest absolute Gasteiger partial charge is 0.356 e. The van der Waals surface area contributed by atoms with Crippen LogP contribution in [0.3, 0.4) is 0 Å². The Bertz CT molecular complexity index is 242. The molecule has 1 saturated carbocycles. The molecule has 0 saturated heterocycles. The normalized spacial score (nSPS) is 18.6. The molecule has 0 aromatic heterocycles. The summed E-state index contributed by atoms with van der Waals surface area (Å²) in [5.74, 6) is 2.44. The summed E-state index contributed by atoms with van der Waals surface area (Å²) in [6.07, 6.45) is 2.76. The van der Waals surface area contributed by atoms with Crippen LogP contribution in [0.4, 0.5) is 0 Å². The lowest BCUT2D eigenvalue weighted by Crippen LogP contribution is -2.46. The number of hydrogen-bond acceptors (Lipinski definition) is 2. The van der Waals surface area contributed by atoms with E-state index < -0.39 is 0 Å². The molecule has 1 unspecified atom stereocenters. The zero-order chi connectivity index (χ0) is 12.8. The SMILES string of the molecule is CN=C(NCC(C)C)NCC(C1CC1)N(C)C. The molecule has 4 nitrogen and oxygen atoms in total. The fraction of sp³-hybridized carbons (Fsp3) is 0.923. The molecule has 1 aliphatic carbocycles. The maximum absolute atomic E-state index is 4.25. The molecule has 17 heavy (non-hydrogen) atoms. The second-order valence-corrected chi connectivity index (χ2v) is 5.60. The summed E-state index contributed by atoms with van der Waals surface area (Å²) >= 11 is 0. The minimum Gasteiger partial charge on any atom is -0.356 e. The van der Waals surface area contributed by atoms with Crippen molar-refractivity contribution in [1.29, 1.82) is 0 Å². The average Bonchev–Trinajstić information content (AvgIpc) is 3.06. The van der Waals surface area contributed by atoms with Crippen LogP contribution in [0.15, 0.2) is 4.99 Å². The minimum absolute atomic E-state index is 0.632. The molecule has 1 rings (SSSR count). The molecule has 4 heteroatoms. The van der Waals surface area contributed by atoms with Crippen LogP contribution in [-0.2, 0) is 0 Å². The Morgan fingerprint density at radius 1 is 1.24 bits per heavy atom. The molecule has 0 spiro atoms. The van der Waals surface area contributed by atoms with E-state index in [-0.39, 0.29) is 0 Å². The van der Waals surface area contributed by atoms with E-state index in [0.717, 1.165) is 25.0 Å².